The number of rotatable bonds is 0. The van der Waals surface area contributed by atoms with E-state index in [1.165, 1.54) is 0 Å². The Balaban J connectivity index is 2.70. The molecule has 9 heavy (non-hydrogen) atoms. The predicted octanol–water partition coefficient (Wildman–Crippen LogP) is 1.09. The molecule has 0 aliphatic heterocycles. The Bertz CT molecular complexity index is 164. The zero-order valence-electron chi connectivity index (χ0n) is 5.30. The van der Waals surface area contributed by atoms with E-state index < -0.39 is 5.60 Å². The lowest BCUT2D eigenvalue weighted by Gasteiger charge is -2.20. The van der Waals surface area contributed by atoms with Crippen molar-refractivity contribution in [3.63, 3.8) is 0 Å². The van der Waals surface area contributed by atoms with E-state index in [2.05, 4.69) is 5.92 Å². The summed E-state index contributed by atoms with van der Waals surface area (Å²) in [5, 5.41) is 9.36. The van der Waals surface area contributed by atoms with Crippen LogP contribution < -0.4 is 0 Å². The second-order valence-corrected chi connectivity index (χ2v) is 2.36. The molecule has 1 atom stereocenters. The lowest BCUT2D eigenvalue weighted by molar-refractivity contribution is 0.135. The van der Waals surface area contributed by atoms with E-state index in [1.54, 1.807) is 6.08 Å². The molecular weight excluding hydrogens is 112 g/mol. The molecule has 0 aromatic heterocycles. The number of allylic oxidation sites excluding steroid dienone is 1. The molecule has 1 nitrogen and oxygen atoms in total. The van der Waals surface area contributed by atoms with E-state index in [-0.39, 0.29) is 0 Å². The molecule has 1 heteroatoms. The van der Waals surface area contributed by atoms with Gasteiger partial charge in [-0.05, 0) is 25.3 Å². The highest BCUT2D eigenvalue weighted by Gasteiger charge is 2.20. The summed E-state index contributed by atoms with van der Waals surface area (Å²) in [5.74, 6) is 2.35. The van der Waals surface area contributed by atoms with Crippen LogP contribution in [-0.2, 0) is 0 Å². The number of aliphatic hydroxyl groups is 1. The van der Waals surface area contributed by atoms with Crippen LogP contribution in [0.5, 0.6) is 0 Å². The monoisotopic (exact) mass is 122 g/mol. The molecule has 0 bridgehead atoms. The van der Waals surface area contributed by atoms with E-state index in [0.717, 1.165) is 12.8 Å². The highest BCUT2D eigenvalue weighted by atomic mass is 16.3. The molecule has 0 saturated heterocycles. The first-order valence-corrected chi connectivity index (χ1v) is 3.15. The summed E-state index contributed by atoms with van der Waals surface area (Å²) in [5.41, 5.74) is -0.932. The fraction of sp³-hybridized carbons (Fsp3) is 0.500. The molecule has 48 valence electrons. The summed E-state index contributed by atoms with van der Waals surface area (Å²) >= 11 is 0. The molecule has 0 saturated carbocycles. The zero-order chi connectivity index (χ0) is 6.74. The first-order chi connectivity index (χ1) is 4.27. The molecule has 1 unspecified atom stereocenters. The molecule has 1 aliphatic rings. The average molecular weight is 122 g/mol. The predicted molar refractivity (Wildman–Crippen MR) is 36.8 cm³/mol. The third-order valence-electron chi connectivity index (χ3n) is 1.57. The zero-order valence-corrected chi connectivity index (χ0v) is 5.30. The Morgan fingerprint density at radius 1 is 1.67 bits per heavy atom. The third kappa shape index (κ3) is 1.34. The summed E-state index contributed by atoms with van der Waals surface area (Å²) in [4.78, 5) is 0. The fourth-order valence-corrected chi connectivity index (χ4v) is 0.971. The quantitative estimate of drug-likeness (QED) is 0.376. The molecule has 1 aliphatic carbocycles. The van der Waals surface area contributed by atoms with Crippen molar-refractivity contribution in [3.05, 3.63) is 12.2 Å². The Hall–Kier alpha value is -0.740. The van der Waals surface area contributed by atoms with Gasteiger partial charge in [0, 0.05) is 0 Å². The Kier molecular flexibility index (Phi) is 1.59. The maximum atomic E-state index is 9.36. The molecule has 0 amide bonds. The van der Waals surface area contributed by atoms with E-state index in [1.807, 2.05) is 6.08 Å². The largest absolute Gasteiger partial charge is 0.374 e. The van der Waals surface area contributed by atoms with Crippen molar-refractivity contribution >= 4 is 0 Å². The molecule has 0 aromatic rings. The lowest BCUT2D eigenvalue weighted by Crippen LogP contribution is -2.24. The van der Waals surface area contributed by atoms with Crippen LogP contribution in [0.4, 0.5) is 0 Å². The van der Waals surface area contributed by atoms with Gasteiger partial charge in [-0.15, -0.1) is 6.42 Å². The van der Waals surface area contributed by atoms with Gasteiger partial charge in [-0.25, -0.2) is 0 Å². The van der Waals surface area contributed by atoms with E-state index in [4.69, 9.17) is 6.42 Å². The van der Waals surface area contributed by atoms with Crippen LogP contribution >= 0.6 is 0 Å². The average Bonchev–Trinajstić information content (AvgIpc) is 1.90. The van der Waals surface area contributed by atoms with Crippen LogP contribution in [0.2, 0.25) is 0 Å². The summed E-state index contributed by atoms with van der Waals surface area (Å²) in [6.45, 7) is 0. The van der Waals surface area contributed by atoms with Gasteiger partial charge in [0.05, 0.1) is 0 Å². The molecule has 0 fully saturated rings. The van der Waals surface area contributed by atoms with Crippen LogP contribution in [0.1, 0.15) is 19.3 Å². The van der Waals surface area contributed by atoms with Gasteiger partial charge in [0.15, 0.2) is 0 Å². The van der Waals surface area contributed by atoms with Gasteiger partial charge in [-0.3, -0.25) is 0 Å². The third-order valence-corrected chi connectivity index (χ3v) is 1.57. The standard InChI is InChI=1S/C8H10O/c1-2-8(9)6-4-3-5-7-8/h1,4,6,9H,3,5,7H2. The van der Waals surface area contributed by atoms with Crippen molar-refractivity contribution in [2.75, 3.05) is 0 Å². The number of hydrogen-bond acceptors (Lipinski definition) is 1. The molecule has 0 spiro atoms. The number of terminal acetylenes is 1. The van der Waals surface area contributed by atoms with Gasteiger partial charge in [0.25, 0.3) is 0 Å². The van der Waals surface area contributed by atoms with Gasteiger partial charge in [0.1, 0.15) is 5.60 Å². The van der Waals surface area contributed by atoms with Gasteiger partial charge in [-0.2, -0.15) is 0 Å². The Morgan fingerprint density at radius 3 is 2.78 bits per heavy atom. The summed E-state index contributed by atoms with van der Waals surface area (Å²) < 4.78 is 0. The highest BCUT2D eigenvalue weighted by molar-refractivity contribution is 5.20. The Morgan fingerprint density at radius 2 is 2.44 bits per heavy atom. The van der Waals surface area contributed by atoms with Crippen LogP contribution in [0.3, 0.4) is 0 Å². The minimum absolute atomic E-state index is 0.708. The second kappa shape index (κ2) is 2.24. The van der Waals surface area contributed by atoms with Gasteiger partial charge < -0.3 is 5.11 Å². The van der Waals surface area contributed by atoms with Crippen molar-refractivity contribution < 1.29 is 5.11 Å². The van der Waals surface area contributed by atoms with Gasteiger partial charge in [0.2, 0.25) is 0 Å². The van der Waals surface area contributed by atoms with Crippen LogP contribution in [0.15, 0.2) is 12.2 Å². The lowest BCUT2D eigenvalue weighted by atomic mass is 9.92. The van der Waals surface area contributed by atoms with Crippen molar-refractivity contribution in [1.82, 2.24) is 0 Å². The maximum absolute atomic E-state index is 9.36. The van der Waals surface area contributed by atoms with Crippen molar-refractivity contribution in [2.24, 2.45) is 0 Å². The van der Waals surface area contributed by atoms with E-state index >= 15 is 0 Å². The molecule has 0 heterocycles. The second-order valence-electron chi connectivity index (χ2n) is 2.36. The van der Waals surface area contributed by atoms with Gasteiger partial charge in [-0.1, -0.05) is 12.0 Å². The van der Waals surface area contributed by atoms with Crippen molar-refractivity contribution in [1.29, 1.82) is 0 Å². The highest BCUT2D eigenvalue weighted by Crippen LogP contribution is 2.20. The fourth-order valence-electron chi connectivity index (χ4n) is 0.971. The summed E-state index contributed by atoms with van der Waals surface area (Å²) in [6, 6.07) is 0. The topological polar surface area (TPSA) is 20.2 Å². The van der Waals surface area contributed by atoms with E-state index in [9.17, 15) is 5.11 Å². The number of hydrogen-bond donors (Lipinski definition) is 1. The first-order valence-electron chi connectivity index (χ1n) is 3.15. The maximum Gasteiger partial charge on any atom is 0.143 e. The normalized spacial score (nSPS) is 33.8. The molecule has 0 aromatic carbocycles. The van der Waals surface area contributed by atoms with Crippen LogP contribution in [-0.4, -0.2) is 10.7 Å². The summed E-state index contributed by atoms with van der Waals surface area (Å²) in [6.07, 6.45) is 11.5. The molecule has 1 rings (SSSR count). The first kappa shape index (κ1) is 6.38. The summed E-state index contributed by atoms with van der Waals surface area (Å²) in [7, 11) is 0. The molecule has 1 N–H and O–H groups in total. The van der Waals surface area contributed by atoms with Crippen molar-refractivity contribution in [2.45, 2.75) is 24.9 Å². The SMILES string of the molecule is C#CC1(O)C=CCCC1. The molecule has 0 radical (unpaired) electrons. The minimum atomic E-state index is -0.932. The van der Waals surface area contributed by atoms with E-state index in [0.29, 0.717) is 6.42 Å². The Labute approximate surface area is 55.4 Å². The van der Waals surface area contributed by atoms with Crippen LogP contribution in [0, 0.1) is 12.3 Å². The molecular formula is C8H10O. The smallest absolute Gasteiger partial charge is 0.143 e. The minimum Gasteiger partial charge on any atom is -0.374 e. The van der Waals surface area contributed by atoms with Crippen molar-refractivity contribution in [3.8, 4) is 12.3 Å². The van der Waals surface area contributed by atoms with Gasteiger partial charge >= 0.3 is 0 Å². The van der Waals surface area contributed by atoms with Crippen LogP contribution in [0.25, 0.3) is 0 Å².